The summed E-state index contributed by atoms with van der Waals surface area (Å²) in [5.74, 6) is -0.876. The lowest BCUT2D eigenvalue weighted by atomic mass is 9.77. The Labute approximate surface area is 124 Å². The highest BCUT2D eigenvalue weighted by Gasteiger charge is 2.31. The summed E-state index contributed by atoms with van der Waals surface area (Å²) in [6.07, 6.45) is 0.746. The first-order chi connectivity index (χ1) is 10.2. The molecule has 0 spiro atoms. The van der Waals surface area contributed by atoms with Gasteiger partial charge < -0.3 is 5.32 Å². The number of benzene rings is 2. The Bertz CT molecular complexity index is 601. The van der Waals surface area contributed by atoms with Crippen molar-refractivity contribution in [2.45, 2.75) is 25.2 Å². The summed E-state index contributed by atoms with van der Waals surface area (Å²) in [6, 6.07) is 12.4. The van der Waals surface area contributed by atoms with E-state index in [1.54, 1.807) is 0 Å². The van der Waals surface area contributed by atoms with E-state index in [-0.39, 0.29) is 17.4 Å². The lowest BCUT2D eigenvalue weighted by Gasteiger charge is -2.33. The van der Waals surface area contributed by atoms with Crippen LogP contribution >= 0.6 is 0 Å². The summed E-state index contributed by atoms with van der Waals surface area (Å²) in [7, 11) is 0. The van der Waals surface area contributed by atoms with Crippen LogP contribution in [-0.4, -0.2) is 13.1 Å². The molecule has 3 rings (SSSR count). The molecule has 2 atom stereocenters. The minimum Gasteiger partial charge on any atom is -0.316 e. The van der Waals surface area contributed by atoms with Gasteiger partial charge in [-0.25, -0.2) is 8.78 Å². The van der Waals surface area contributed by atoms with E-state index in [4.69, 9.17) is 0 Å². The molecular weight excluding hydrogens is 268 g/mol. The smallest absolute Gasteiger partial charge is 0.129 e. The Morgan fingerprint density at radius 2 is 1.62 bits per heavy atom. The maximum atomic E-state index is 14.1. The van der Waals surface area contributed by atoms with Crippen LogP contribution in [0.1, 0.15) is 34.9 Å². The molecule has 1 N–H and O–H groups in total. The molecule has 2 aromatic carbocycles. The van der Waals surface area contributed by atoms with Gasteiger partial charge in [0.05, 0.1) is 0 Å². The third-order valence-corrected chi connectivity index (χ3v) is 4.36. The minimum atomic E-state index is -0.431. The average Bonchev–Trinajstić information content (AvgIpc) is 2.48. The summed E-state index contributed by atoms with van der Waals surface area (Å²) >= 11 is 0. The summed E-state index contributed by atoms with van der Waals surface area (Å²) in [4.78, 5) is 0. The van der Waals surface area contributed by atoms with Crippen LogP contribution in [0.5, 0.6) is 0 Å². The number of nitrogens with one attached hydrogen (secondary N) is 1. The van der Waals surface area contributed by atoms with Gasteiger partial charge in [-0.3, -0.25) is 0 Å². The third kappa shape index (κ3) is 2.84. The lowest BCUT2D eigenvalue weighted by molar-refractivity contribution is 0.380. The van der Waals surface area contributed by atoms with Gasteiger partial charge in [-0.2, -0.15) is 0 Å². The maximum absolute atomic E-state index is 14.1. The fraction of sp³-hybridized carbons (Fsp3) is 0.333. The molecule has 0 aromatic heterocycles. The number of aryl methyl sites for hydroxylation is 1. The molecule has 21 heavy (non-hydrogen) atoms. The Morgan fingerprint density at radius 3 is 2.29 bits per heavy atom. The zero-order valence-corrected chi connectivity index (χ0v) is 12.1. The van der Waals surface area contributed by atoms with Gasteiger partial charge in [0.1, 0.15) is 11.6 Å². The molecule has 0 radical (unpaired) electrons. The molecule has 1 aliphatic heterocycles. The van der Waals surface area contributed by atoms with Crippen LogP contribution < -0.4 is 5.32 Å². The zero-order valence-electron chi connectivity index (χ0n) is 12.1. The highest BCUT2D eigenvalue weighted by atomic mass is 19.1. The van der Waals surface area contributed by atoms with E-state index >= 15 is 0 Å². The largest absolute Gasteiger partial charge is 0.316 e. The monoisotopic (exact) mass is 287 g/mol. The van der Waals surface area contributed by atoms with Crippen LogP contribution in [0.15, 0.2) is 42.5 Å². The van der Waals surface area contributed by atoms with Crippen molar-refractivity contribution in [2.24, 2.45) is 0 Å². The predicted molar refractivity (Wildman–Crippen MR) is 80.5 cm³/mol. The summed E-state index contributed by atoms with van der Waals surface area (Å²) < 4.78 is 28.3. The van der Waals surface area contributed by atoms with Gasteiger partial charge in [0.15, 0.2) is 0 Å². The Balaban J connectivity index is 2.00. The molecule has 1 nitrogen and oxygen atoms in total. The van der Waals surface area contributed by atoms with Crippen molar-refractivity contribution in [3.8, 4) is 0 Å². The fourth-order valence-electron chi connectivity index (χ4n) is 3.23. The second-order valence-corrected chi connectivity index (χ2v) is 5.75. The van der Waals surface area contributed by atoms with Crippen LogP contribution in [0.3, 0.4) is 0 Å². The molecule has 0 bridgehead atoms. The van der Waals surface area contributed by atoms with Gasteiger partial charge in [-0.15, -0.1) is 0 Å². The first-order valence-corrected chi connectivity index (χ1v) is 7.38. The number of halogens is 2. The summed E-state index contributed by atoms with van der Waals surface area (Å²) in [5, 5.41) is 3.34. The first kappa shape index (κ1) is 14.2. The van der Waals surface area contributed by atoms with Crippen LogP contribution in [-0.2, 0) is 0 Å². The van der Waals surface area contributed by atoms with E-state index < -0.39 is 11.6 Å². The fourth-order valence-corrected chi connectivity index (χ4v) is 3.23. The van der Waals surface area contributed by atoms with Crippen molar-refractivity contribution in [1.82, 2.24) is 5.32 Å². The molecule has 1 aliphatic rings. The van der Waals surface area contributed by atoms with E-state index in [0.717, 1.165) is 25.1 Å². The molecular formula is C18H19F2N. The minimum absolute atomic E-state index is 0.103. The standard InChI is InChI=1S/C18H19F2N/c1-12-5-7-13(8-6-12)15-11-21-10-9-14(15)18-16(19)3-2-4-17(18)20/h2-8,14-15,21H,9-11H2,1H3. The zero-order chi connectivity index (χ0) is 14.8. The predicted octanol–water partition coefficient (Wildman–Crippen LogP) is 4.13. The first-order valence-electron chi connectivity index (χ1n) is 7.38. The van der Waals surface area contributed by atoms with E-state index in [1.807, 2.05) is 6.92 Å². The molecule has 1 heterocycles. The second-order valence-electron chi connectivity index (χ2n) is 5.75. The molecule has 2 aromatic rings. The van der Waals surface area contributed by atoms with Gasteiger partial charge in [-0.05, 0) is 43.5 Å². The molecule has 1 fully saturated rings. The third-order valence-electron chi connectivity index (χ3n) is 4.36. The molecule has 0 saturated carbocycles. The molecule has 110 valence electrons. The van der Waals surface area contributed by atoms with E-state index in [1.165, 1.54) is 23.8 Å². The summed E-state index contributed by atoms with van der Waals surface area (Å²) in [6.45, 7) is 3.58. The lowest BCUT2D eigenvalue weighted by Crippen LogP contribution is -2.34. The topological polar surface area (TPSA) is 12.0 Å². The van der Waals surface area contributed by atoms with E-state index in [9.17, 15) is 8.78 Å². The van der Waals surface area contributed by atoms with Crippen LogP contribution in [0.25, 0.3) is 0 Å². The second kappa shape index (κ2) is 5.94. The Morgan fingerprint density at radius 1 is 0.952 bits per heavy atom. The molecule has 1 saturated heterocycles. The van der Waals surface area contributed by atoms with E-state index in [0.29, 0.717) is 0 Å². The van der Waals surface area contributed by atoms with Crippen LogP contribution in [0, 0.1) is 18.6 Å². The molecule has 3 heteroatoms. The summed E-state index contributed by atoms with van der Waals surface area (Å²) in [5.41, 5.74) is 2.57. The van der Waals surface area contributed by atoms with Crippen molar-refractivity contribution < 1.29 is 8.78 Å². The van der Waals surface area contributed by atoms with Crippen molar-refractivity contribution in [3.63, 3.8) is 0 Å². The highest BCUT2D eigenvalue weighted by molar-refractivity contribution is 5.33. The van der Waals surface area contributed by atoms with Gasteiger partial charge in [0.25, 0.3) is 0 Å². The van der Waals surface area contributed by atoms with Crippen LogP contribution in [0.4, 0.5) is 8.78 Å². The molecule has 0 aliphatic carbocycles. The van der Waals surface area contributed by atoms with Crippen LogP contribution in [0.2, 0.25) is 0 Å². The van der Waals surface area contributed by atoms with Gasteiger partial charge >= 0.3 is 0 Å². The van der Waals surface area contributed by atoms with Crippen molar-refractivity contribution in [3.05, 3.63) is 70.8 Å². The Hall–Kier alpha value is -1.74. The van der Waals surface area contributed by atoms with Crippen molar-refractivity contribution in [2.75, 3.05) is 13.1 Å². The SMILES string of the molecule is Cc1ccc(C2CNCCC2c2c(F)cccc2F)cc1. The number of rotatable bonds is 2. The molecule has 2 unspecified atom stereocenters. The number of piperidine rings is 1. The Kier molecular flexibility index (Phi) is 4.02. The average molecular weight is 287 g/mol. The quantitative estimate of drug-likeness (QED) is 0.875. The van der Waals surface area contributed by atoms with Gasteiger partial charge in [0.2, 0.25) is 0 Å². The van der Waals surface area contributed by atoms with Crippen molar-refractivity contribution >= 4 is 0 Å². The number of hydrogen-bond acceptors (Lipinski definition) is 1. The highest BCUT2D eigenvalue weighted by Crippen LogP contribution is 2.39. The maximum Gasteiger partial charge on any atom is 0.129 e. The van der Waals surface area contributed by atoms with Gasteiger partial charge in [0, 0.05) is 18.0 Å². The number of hydrogen-bond donors (Lipinski definition) is 1. The van der Waals surface area contributed by atoms with Crippen molar-refractivity contribution in [1.29, 1.82) is 0 Å². The normalized spacial score (nSPS) is 22.2. The van der Waals surface area contributed by atoms with Gasteiger partial charge in [-0.1, -0.05) is 35.9 Å². The van der Waals surface area contributed by atoms with E-state index in [2.05, 4.69) is 29.6 Å². The molecule has 0 amide bonds.